The van der Waals surface area contributed by atoms with Gasteiger partial charge in [0.2, 0.25) is 0 Å². The van der Waals surface area contributed by atoms with Crippen LogP contribution in [0.25, 0.3) is 10.2 Å². The smallest absolute Gasteiger partial charge is 0.141 e. The second kappa shape index (κ2) is 7.50. The SMILES string of the molecule is CCc1nc(N2CCC(COCc3ccccc3)C2)c2ccsc2n1. The number of nitrogens with zero attached hydrogens (tertiary/aromatic N) is 3. The van der Waals surface area contributed by atoms with Gasteiger partial charge in [0, 0.05) is 25.4 Å². The molecule has 0 bridgehead atoms. The lowest BCUT2D eigenvalue weighted by molar-refractivity contribution is 0.0929. The summed E-state index contributed by atoms with van der Waals surface area (Å²) in [6.45, 7) is 5.68. The molecule has 25 heavy (non-hydrogen) atoms. The van der Waals surface area contributed by atoms with Crippen molar-refractivity contribution < 1.29 is 4.74 Å². The highest BCUT2D eigenvalue weighted by Gasteiger charge is 2.25. The van der Waals surface area contributed by atoms with E-state index >= 15 is 0 Å². The highest BCUT2D eigenvalue weighted by Crippen LogP contribution is 2.31. The fraction of sp³-hybridized carbons (Fsp3) is 0.400. The van der Waals surface area contributed by atoms with Crippen molar-refractivity contribution in [2.75, 3.05) is 24.6 Å². The van der Waals surface area contributed by atoms with E-state index < -0.39 is 0 Å². The maximum absolute atomic E-state index is 5.95. The molecule has 1 aliphatic rings. The van der Waals surface area contributed by atoms with Crippen LogP contribution in [0.5, 0.6) is 0 Å². The summed E-state index contributed by atoms with van der Waals surface area (Å²) in [6.07, 6.45) is 2.03. The third kappa shape index (κ3) is 3.67. The molecular formula is C20H23N3OS. The van der Waals surface area contributed by atoms with E-state index in [4.69, 9.17) is 9.72 Å². The van der Waals surface area contributed by atoms with Crippen molar-refractivity contribution in [3.05, 3.63) is 53.2 Å². The Bertz CT molecular complexity index is 833. The lowest BCUT2D eigenvalue weighted by atomic mass is 10.1. The maximum Gasteiger partial charge on any atom is 0.141 e. The van der Waals surface area contributed by atoms with Gasteiger partial charge in [-0.15, -0.1) is 11.3 Å². The molecule has 4 rings (SSSR count). The molecule has 0 saturated carbocycles. The predicted molar refractivity (Wildman–Crippen MR) is 103 cm³/mol. The first-order valence-electron chi connectivity index (χ1n) is 8.94. The molecule has 1 atom stereocenters. The average molecular weight is 353 g/mol. The molecule has 1 fully saturated rings. The van der Waals surface area contributed by atoms with E-state index in [2.05, 4.69) is 52.5 Å². The van der Waals surface area contributed by atoms with Gasteiger partial charge in [-0.2, -0.15) is 0 Å². The van der Waals surface area contributed by atoms with Crippen molar-refractivity contribution in [3.63, 3.8) is 0 Å². The van der Waals surface area contributed by atoms with Crippen molar-refractivity contribution in [1.82, 2.24) is 9.97 Å². The van der Waals surface area contributed by atoms with E-state index in [1.54, 1.807) is 11.3 Å². The molecule has 4 nitrogen and oxygen atoms in total. The van der Waals surface area contributed by atoms with E-state index in [0.29, 0.717) is 12.5 Å². The first kappa shape index (κ1) is 16.5. The Balaban J connectivity index is 1.40. The van der Waals surface area contributed by atoms with Gasteiger partial charge in [-0.25, -0.2) is 9.97 Å². The monoisotopic (exact) mass is 353 g/mol. The minimum Gasteiger partial charge on any atom is -0.376 e. The number of ether oxygens (including phenoxy) is 1. The molecule has 3 heterocycles. The van der Waals surface area contributed by atoms with Gasteiger partial charge in [0.15, 0.2) is 0 Å². The first-order valence-corrected chi connectivity index (χ1v) is 9.82. The van der Waals surface area contributed by atoms with E-state index in [-0.39, 0.29) is 0 Å². The highest BCUT2D eigenvalue weighted by molar-refractivity contribution is 7.16. The van der Waals surface area contributed by atoms with Crippen LogP contribution in [0.1, 0.15) is 24.7 Å². The fourth-order valence-electron chi connectivity index (χ4n) is 3.36. The van der Waals surface area contributed by atoms with Gasteiger partial charge in [0.25, 0.3) is 0 Å². The summed E-state index contributed by atoms with van der Waals surface area (Å²) in [6, 6.07) is 12.5. The number of rotatable bonds is 6. The van der Waals surface area contributed by atoms with Gasteiger partial charge in [0.1, 0.15) is 16.5 Å². The zero-order chi connectivity index (χ0) is 17.1. The van der Waals surface area contributed by atoms with Crippen LogP contribution in [0.2, 0.25) is 0 Å². The molecule has 0 radical (unpaired) electrons. The third-order valence-corrected chi connectivity index (χ3v) is 5.52. The Morgan fingerprint density at radius 2 is 2.08 bits per heavy atom. The summed E-state index contributed by atoms with van der Waals surface area (Å²) < 4.78 is 5.95. The molecule has 130 valence electrons. The third-order valence-electron chi connectivity index (χ3n) is 4.72. The second-order valence-corrected chi connectivity index (χ2v) is 7.45. The Morgan fingerprint density at radius 1 is 1.20 bits per heavy atom. The molecule has 0 N–H and O–H groups in total. The second-order valence-electron chi connectivity index (χ2n) is 6.56. The summed E-state index contributed by atoms with van der Waals surface area (Å²) in [5.41, 5.74) is 1.24. The zero-order valence-electron chi connectivity index (χ0n) is 14.5. The van der Waals surface area contributed by atoms with Crippen molar-refractivity contribution in [1.29, 1.82) is 0 Å². The van der Waals surface area contributed by atoms with Gasteiger partial charge in [-0.3, -0.25) is 0 Å². The molecule has 1 aliphatic heterocycles. The number of fused-ring (bicyclic) bond motifs is 1. The molecule has 0 amide bonds. The van der Waals surface area contributed by atoms with Crippen LogP contribution in [0.4, 0.5) is 5.82 Å². The lowest BCUT2D eigenvalue weighted by Gasteiger charge is -2.19. The molecule has 1 unspecified atom stereocenters. The minimum absolute atomic E-state index is 0.567. The number of anilines is 1. The summed E-state index contributed by atoms with van der Waals surface area (Å²) in [4.78, 5) is 13.0. The quantitative estimate of drug-likeness (QED) is 0.662. The number of thiophene rings is 1. The van der Waals surface area contributed by atoms with E-state index in [9.17, 15) is 0 Å². The van der Waals surface area contributed by atoms with Crippen LogP contribution >= 0.6 is 11.3 Å². The Hall–Kier alpha value is -1.98. The number of aryl methyl sites for hydroxylation is 1. The minimum atomic E-state index is 0.567. The van der Waals surface area contributed by atoms with Gasteiger partial charge in [-0.05, 0) is 23.4 Å². The van der Waals surface area contributed by atoms with Crippen molar-refractivity contribution in [3.8, 4) is 0 Å². The van der Waals surface area contributed by atoms with Crippen LogP contribution in [0, 0.1) is 5.92 Å². The van der Waals surface area contributed by atoms with Crippen LogP contribution < -0.4 is 4.90 Å². The number of aromatic nitrogens is 2. The Labute approximate surface area is 152 Å². The number of benzene rings is 1. The summed E-state index contributed by atoms with van der Waals surface area (Å²) in [5, 5.41) is 3.30. The molecule has 0 aliphatic carbocycles. The molecular weight excluding hydrogens is 330 g/mol. The van der Waals surface area contributed by atoms with E-state index in [1.165, 1.54) is 10.9 Å². The summed E-state index contributed by atoms with van der Waals surface area (Å²) >= 11 is 1.70. The summed E-state index contributed by atoms with van der Waals surface area (Å²) in [7, 11) is 0. The maximum atomic E-state index is 5.95. The molecule has 5 heteroatoms. The van der Waals surface area contributed by atoms with Crippen LogP contribution in [0.15, 0.2) is 41.8 Å². The fourth-order valence-corrected chi connectivity index (χ4v) is 4.14. The Kier molecular flexibility index (Phi) is 4.95. The normalized spacial score (nSPS) is 17.5. The molecule has 1 saturated heterocycles. The molecule has 2 aromatic heterocycles. The van der Waals surface area contributed by atoms with Gasteiger partial charge < -0.3 is 9.64 Å². The first-order chi connectivity index (χ1) is 12.3. The van der Waals surface area contributed by atoms with Crippen LogP contribution in [-0.2, 0) is 17.8 Å². The van der Waals surface area contributed by atoms with Crippen molar-refractivity contribution in [2.24, 2.45) is 5.92 Å². The molecule has 3 aromatic rings. The van der Waals surface area contributed by atoms with Crippen LogP contribution in [0.3, 0.4) is 0 Å². The number of hydrogen-bond acceptors (Lipinski definition) is 5. The largest absolute Gasteiger partial charge is 0.376 e. The molecule has 0 spiro atoms. The Morgan fingerprint density at radius 3 is 2.92 bits per heavy atom. The van der Waals surface area contributed by atoms with Gasteiger partial charge >= 0.3 is 0 Å². The summed E-state index contributed by atoms with van der Waals surface area (Å²) in [5.74, 6) is 2.61. The average Bonchev–Trinajstić information content (AvgIpc) is 3.31. The van der Waals surface area contributed by atoms with Gasteiger partial charge in [0.05, 0.1) is 18.6 Å². The topological polar surface area (TPSA) is 38.2 Å². The van der Waals surface area contributed by atoms with E-state index in [1.807, 2.05) is 6.07 Å². The lowest BCUT2D eigenvalue weighted by Crippen LogP contribution is -2.23. The van der Waals surface area contributed by atoms with E-state index in [0.717, 1.165) is 49.0 Å². The predicted octanol–water partition coefficient (Wildman–Crippen LogP) is 4.30. The standard InChI is InChI=1S/C20H23N3OS/c1-2-18-21-19(17-9-11-25-20(17)22-18)23-10-8-16(12-23)14-24-13-15-6-4-3-5-7-15/h3-7,9,11,16H,2,8,10,12-14H2,1H3. The zero-order valence-corrected chi connectivity index (χ0v) is 15.3. The highest BCUT2D eigenvalue weighted by atomic mass is 32.1. The number of hydrogen-bond donors (Lipinski definition) is 0. The van der Waals surface area contributed by atoms with Crippen molar-refractivity contribution in [2.45, 2.75) is 26.4 Å². The molecule has 1 aromatic carbocycles. The van der Waals surface area contributed by atoms with Crippen LogP contribution in [-0.4, -0.2) is 29.7 Å². The van der Waals surface area contributed by atoms with Crippen molar-refractivity contribution >= 4 is 27.4 Å². The van der Waals surface area contributed by atoms with Gasteiger partial charge in [-0.1, -0.05) is 37.3 Å².